The van der Waals surface area contributed by atoms with Crippen LogP contribution in [0.4, 0.5) is 5.82 Å². The predicted octanol–water partition coefficient (Wildman–Crippen LogP) is 4.30. The molecule has 0 radical (unpaired) electrons. The van der Waals surface area contributed by atoms with Crippen molar-refractivity contribution in [2.75, 3.05) is 12.4 Å². The fourth-order valence-electron chi connectivity index (χ4n) is 2.34. The maximum absolute atomic E-state index is 4.80. The van der Waals surface area contributed by atoms with E-state index in [4.69, 9.17) is 4.98 Å². The standard InChI is InChI=1S/C17H21N3S/c1-11-6-4-5-7-14(11)10-21-17-12(2)15(18-3)19-16(20-17)13-8-9-13/h4-7,13H,8-10H2,1-3H3,(H,18,19,20). The van der Waals surface area contributed by atoms with E-state index in [1.807, 2.05) is 18.8 Å². The Labute approximate surface area is 130 Å². The van der Waals surface area contributed by atoms with Crippen molar-refractivity contribution in [1.82, 2.24) is 9.97 Å². The van der Waals surface area contributed by atoms with E-state index in [1.54, 1.807) is 0 Å². The van der Waals surface area contributed by atoms with Crippen LogP contribution in [0.5, 0.6) is 0 Å². The molecule has 1 heterocycles. The summed E-state index contributed by atoms with van der Waals surface area (Å²) < 4.78 is 0. The molecule has 1 N–H and O–H groups in total. The quantitative estimate of drug-likeness (QED) is 0.659. The Morgan fingerprint density at radius 1 is 1.19 bits per heavy atom. The number of thioether (sulfide) groups is 1. The highest BCUT2D eigenvalue weighted by Gasteiger charge is 2.28. The van der Waals surface area contributed by atoms with Crippen LogP contribution in [0, 0.1) is 13.8 Å². The first kappa shape index (κ1) is 14.4. The van der Waals surface area contributed by atoms with Crippen LogP contribution in [0.3, 0.4) is 0 Å². The lowest BCUT2D eigenvalue weighted by Crippen LogP contribution is -2.04. The second-order valence-electron chi connectivity index (χ2n) is 5.60. The maximum atomic E-state index is 4.80. The van der Waals surface area contributed by atoms with Crippen LogP contribution in [0.2, 0.25) is 0 Å². The van der Waals surface area contributed by atoms with Gasteiger partial charge in [-0.05, 0) is 37.8 Å². The minimum atomic E-state index is 0.579. The SMILES string of the molecule is CNc1nc(C2CC2)nc(SCc2ccccc2C)c1C. The zero-order valence-corrected chi connectivity index (χ0v) is 13.6. The van der Waals surface area contributed by atoms with E-state index in [2.05, 4.69) is 48.4 Å². The van der Waals surface area contributed by atoms with Gasteiger partial charge in [0.2, 0.25) is 0 Å². The molecule has 4 heteroatoms. The van der Waals surface area contributed by atoms with E-state index >= 15 is 0 Å². The summed E-state index contributed by atoms with van der Waals surface area (Å²) in [6.45, 7) is 4.26. The molecule has 0 spiro atoms. The number of nitrogens with zero attached hydrogens (tertiary/aromatic N) is 2. The molecule has 0 atom stereocenters. The predicted molar refractivity (Wildman–Crippen MR) is 89.0 cm³/mol. The third-order valence-electron chi connectivity index (χ3n) is 3.92. The van der Waals surface area contributed by atoms with Gasteiger partial charge in [0, 0.05) is 24.3 Å². The molecule has 1 aliphatic carbocycles. The van der Waals surface area contributed by atoms with E-state index in [1.165, 1.54) is 24.0 Å². The number of hydrogen-bond donors (Lipinski definition) is 1. The summed E-state index contributed by atoms with van der Waals surface area (Å²) in [5.41, 5.74) is 3.87. The highest BCUT2D eigenvalue weighted by molar-refractivity contribution is 7.98. The van der Waals surface area contributed by atoms with Gasteiger partial charge in [-0.25, -0.2) is 9.97 Å². The van der Waals surface area contributed by atoms with Crippen LogP contribution in [0.1, 0.15) is 41.3 Å². The summed E-state index contributed by atoms with van der Waals surface area (Å²) in [6.07, 6.45) is 2.46. The van der Waals surface area contributed by atoms with Gasteiger partial charge in [-0.1, -0.05) is 24.3 Å². The summed E-state index contributed by atoms with van der Waals surface area (Å²) >= 11 is 1.81. The molecule has 0 unspecified atom stereocenters. The Morgan fingerprint density at radius 2 is 1.95 bits per heavy atom. The molecule has 1 saturated carbocycles. The van der Waals surface area contributed by atoms with Crippen LogP contribution < -0.4 is 5.32 Å². The minimum absolute atomic E-state index is 0.579. The molecule has 1 aromatic carbocycles. The fourth-order valence-corrected chi connectivity index (χ4v) is 3.43. The Balaban J connectivity index is 1.84. The first-order chi connectivity index (χ1) is 10.2. The van der Waals surface area contributed by atoms with Crippen LogP contribution in [0.25, 0.3) is 0 Å². The van der Waals surface area contributed by atoms with Crippen molar-refractivity contribution in [3.8, 4) is 0 Å². The normalized spacial score (nSPS) is 14.2. The van der Waals surface area contributed by atoms with E-state index in [-0.39, 0.29) is 0 Å². The highest BCUT2D eigenvalue weighted by Crippen LogP contribution is 2.40. The molecule has 2 aromatic rings. The second-order valence-corrected chi connectivity index (χ2v) is 6.56. The van der Waals surface area contributed by atoms with Crippen molar-refractivity contribution in [1.29, 1.82) is 0 Å². The van der Waals surface area contributed by atoms with Gasteiger partial charge >= 0.3 is 0 Å². The van der Waals surface area contributed by atoms with Gasteiger partial charge in [-0.3, -0.25) is 0 Å². The fraction of sp³-hybridized carbons (Fsp3) is 0.412. The van der Waals surface area contributed by atoms with Gasteiger partial charge in [-0.15, -0.1) is 11.8 Å². The number of aromatic nitrogens is 2. The molecular formula is C17H21N3S. The molecule has 1 aromatic heterocycles. The third kappa shape index (κ3) is 3.21. The van der Waals surface area contributed by atoms with Gasteiger partial charge in [0.15, 0.2) is 0 Å². The third-order valence-corrected chi connectivity index (χ3v) is 5.05. The molecule has 21 heavy (non-hydrogen) atoms. The largest absolute Gasteiger partial charge is 0.373 e. The van der Waals surface area contributed by atoms with Gasteiger partial charge in [0.25, 0.3) is 0 Å². The Morgan fingerprint density at radius 3 is 2.62 bits per heavy atom. The lowest BCUT2D eigenvalue weighted by molar-refractivity contribution is 0.864. The Hall–Kier alpha value is -1.55. The van der Waals surface area contributed by atoms with Gasteiger partial charge < -0.3 is 5.32 Å². The van der Waals surface area contributed by atoms with Crippen molar-refractivity contribution in [2.45, 2.75) is 43.4 Å². The lowest BCUT2D eigenvalue weighted by atomic mass is 10.1. The maximum Gasteiger partial charge on any atom is 0.135 e. The first-order valence-electron chi connectivity index (χ1n) is 7.42. The molecule has 0 aliphatic heterocycles. The van der Waals surface area contributed by atoms with E-state index in [0.29, 0.717) is 5.92 Å². The summed E-state index contributed by atoms with van der Waals surface area (Å²) in [4.78, 5) is 9.45. The Kier molecular flexibility index (Phi) is 4.15. The van der Waals surface area contributed by atoms with E-state index < -0.39 is 0 Å². The minimum Gasteiger partial charge on any atom is -0.373 e. The van der Waals surface area contributed by atoms with Crippen molar-refractivity contribution in [2.24, 2.45) is 0 Å². The molecule has 3 nitrogen and oxygen atoms in total. The van der Waals surface area contributed by atoms with Crippen LogP contribution in [0.15, 0.2) is 29.3 Å². The van der Waals surface area contributed by atoms with Crippen molar-refractivity contribution < 1.29 is 0 Å². The van der Waals surface area contributed by atoms with Gasteiger partial charge in [0.1, 0.15) is 16.7 Å². The average molecular weight is 299 g/mol. The van der Waals surface area contributed by atoms with Crippen LogP contribution in [-0.2, 0) is 5.75 Å². The zero-order valence-electron chi connectivity index (χ0n) is 12.8. The Bertz CT molecular complexity index is 650. The van der Waals surface area contributed by atoms with Gasteiger partial charge in [-0.2, -0.15) is 0 Å². The highest BCUT2D eigenvalue weighted by atomic mass is 32.2. The molecule has 3 rings (SSSR count). The number of aryl methyl sites for hydroxylation is 1. The average Bonchev–Trinajstić information content (AvgIpc) is 3.32. The smallest absolute Gasteiger partial charge is 0.135 e. The number of rotatable bonds is 5. The lowest BCUT2D eigenvalue weighted by Gasteiger charge is -2.12. The van der Waals surface area contributed by atoms with Crippen LogP contribution >= 0.6 is 11.8 Å². The number of nitrogens with one attached hydrogen (secondary N) is 1. The van der Waals surface area contributed by atoms with Crippen molar-refractivity contribution >= 4 is 17.6 Å². The zero-order chi connectivity index (χ0) is 14.8. The number of hydrogen-bond acceptors (Lipinski definition) is 4. The number of benzene rings is 1. The van der Waals surface area contributed by atoms with E-state index in [9.17, 15) is 0 Å². The van der Waals surface area contributed by atoms with E-state index in [0.717, 1.165) is 28.0 Å². The molecule has 0 saturated heterocycles. The summed E-state index contributed by atoms with van der Waals surface area (Å²) in [6, 6.07) is 8.55. The second kappa shape index (κ2) is 6.06. The molecule has 0 amide bonds. The molecule has 1 fully saturated rings. The summed E-state index contributed by atoms with van der Waals surface area (Å²) in [7, 11) is 1.93. The molecule has 0 bridgehead atoms. The number of anilines is 1. The van der Waals surface area contributed by atoms with Crippen molar-refractivity contribution in [3.63, 3.8) is 0 Å². The topological polar surface area (TPSA) is 37.8 Å². The summed E-state index contributed by atoms with van der Waals surface area (Å²) in [5, 5.41) is 4.31. The van der Waals surface area contributed by atoms with Crippen molar-refractivity contribution in [3.05, 3.63) is 46.8 Å². The van der Waals surface area contributed by atoms with Crippen LogP contribution in [-0.4, -0.2) is 17.0 Å². The summed E-state index contributed by atoms with van der Waals surface area (Å²) in [5.74, 6) is 3.52. The first-order valence-corrected chi connectivity index (χ1v) is 8.41. The molecule has 1 aliphatic rings. The molecule has 110 valence electrons. The molecular weight excluding hydrogens is 278 g/mol. The van der Waals surface area contributed by atoms with Gasteiger partial charge in [0.05, 0.1) is 0 Å². The monoisotopic (exact) mass is 299 g/mol.